The van der Waals surface area contributed by atoms with E-state index in [0.29, 0.717) is 6.61 Å². The lowest BCUT2D eigenvalue weighted by molar-refractivity contribution is 0.290. The summed E-state index contributed by atoms with van der Waals surface area (Å²) in [5, 5.41) is 0. The fourth-order valence-electron chi connectivity index (χ4n) is 2.06. The number of aryl methyl sites for hydroxylation is 2. The van der Waals surface area contributed by atoms with Crippen LogP contribution < -0.4 is 10.5 Å². The first-order chi connectivity index (χ1) is 9.69. The number of nitrogens with two attached hydrogens (primary N) is 1. The van der Waals surface area contributed by atoms with E-state index in [1.165, 1.54) is 5.56 Å². The lowest BCUT2D eigenvalue weighted by Gasteiger charge is -2.09. The van der Waals surface area contributed by atoms with Crippen LogP contribution in [0.2, 0.25) is 0 Å². The summed E-state index contributed by atoms with van der Waals surface area (Å²) in [7, 11) is 0. The summed E-state index contributed by atoms with van der Waals surface area (Å²) in [6, 6.07) is 8.47. The maximum atomic E-state index is 5.77. The lowest BCUT2D eigenvalue weighted by atomic mass is 10.1. The van der Waals surface area contributed by atoms with Gasteiger partial charge in [0.05, 0.1) is 0 Å². The number of hydrogen-bond acceptors (Lipinski definition) is 3. The molecule has 4 heteroatoms. The van der Waals surface area contributed by atoms with Crippen molar-refractivity contribution in [2.45, 2.75) is 45.9 Å². The van der Waals surface area contributed by atoms with E-state index in [2.05, 4.69) is 28.6 Å². The zero-order valence-corrected chi connectivity index (χ0v) is 12.2. The van der Waals surface area contributed by atoms with Crippen LogP contribution in [0, 0.1) is 0 Å². The molecule has 0 bridgehead atoms. The van der Waals surface area contributed by atoms with Crippen molar-refractivity contribution in [2.75, 3.05) is 0 Å². The number of hydrogen-bond donors (Lipinski definition) is 1. The van der Waals surface area contributed by atoms with Gasteiger partial charge in [-0.25, -0.2) is 4.98 Å². The Balaban J connectivity index is 1.87. The van der Waals surface area contributed by atoms with Gasteiger partial charge in [0.15, 0.2) is 0 Å². The minimum Gasteiger partial charge on any atom is -0.486 e. The Bertz CT molecular complexity index is 517. The molecule has 0 amide bonds. The Morgan fingerprint density at radius 3 is 2.70 bits per heavy atom. The summed E-state index contributed by atoms with van der Waals surface area (Å²) in [6.07, 6.45) is 5.79. The molecule has 108 valence electrons. The lowest BCUT2D eigenvalue weighted by Crippen LogP contribution is -2.15. The van der Waals surface area contributed by atoms with Gasteiger partial charge >= 0.3 is 0 Å². The molecule has 1 atom stereocenters. The summed E-state index contributed by atoms with van der Waals surface area (Å²) in [6.45, 7) is 5.54. The molecule has 1 aromatic carbocycles. The van der Waals surface area contributed by atoms with Crippen molar-refractivity contribution in [3.05, 3.63) is 48.0 Å². The first-order valence-electron chi connectivity index (χ1n) is 7.16. The molecule has 20 heavy (non-hydrogen) atoms. The second kappa shape index (κ2) is 7.10. The fourth-order valence-corrected chi connectivity index (χ4v) is 2.06. The molecule has 0 saturated carbocycles. The van der Waals surface area contributed by atoms with E-state index in [9.17, 15) is 0 Å². The molecule has 0 fully saturated rings. The minimum absolute atomic E-state index is 0.249. The molecule has 0 aliphatic rings. The molecule has 2 N–H and O–H groups in total. The van der Waals surface area contributed by atoms with E-state index in [1.54, 1.807) is 6.20 Å². The highest BCUT2D eigenvalue weighted by Crippen LogP contribution is 2.15. The Labute approximate surface area is 120 Å². The van der Waals surface area contributed by atoms with Crippen LogP contribution in [-0.4, -0.2) is 15.6 Å². The van der Waals surface area contributed by atoms with Gasteiger partial charge in [-0.05, 0) is 44.4 Å². The van der Waals surface area contributed by atoms with Gasteiger partial charge in [-0.1, -0.05) is 12.1 Å². The first kappa shape index (κ1) is 14.6. The smallest absolute Gasteiger partial charge is 0.146 e. The van der Waals surface area contributed by atoms with Gasteiger partial charge in [-0.3, -0.25) is 0 Å². The maximum Gasteiger partial charge on any atom is 0.146 e. The molecule has 0 aliphatic heterocycles. The standard InChI is InChI=1S/C16H23N3O/c1-3-19-11-10-18-16(19)12-20-15-8-6-14(7-9-15)5-4-13(2)17/h6-11,13H,3-5,12,17H2,1-2H3. The van der Waals surface area contributed by atoms with Crippen LogP contribution in [-0.2, 0) is 19.6 Å². The molecule has 2 aromatic rings. The second-order valence-electron chi connectivity index (χ2n) is 5.08. The number of nitrogens with zero attached hydrogens (tertiary/aromatic N) is 2. The molecule has 0 saturated heterocycles. The largest absolute Gasteiger partial charge is 0.486 e. The third-order valence-electron chi connectivity index (χ3n) is 3.32. The van der Waals surface area contributed by atoms with Crippen LogP contribution in [0.15, 0.2) is 36.7 Å². The van der Waals surface area contributed by atoms with Gasteiger partial charge in [0.1, 0.15) is 18.2 Å². The predicted molar refractivity (Wildman–Crippen MR) is 80.6 cm³/mol. The van der Waals surface area contributed by atoms with E-state index in [1.807, 2.05) is 25.3 Å². The van der Waals surface area contributed by atoms with E-state index >= 15 is 0 Å². The van der Waals surface area contributed by atoms with Crippen molar-refractivity contribution in [1.82, 2.24) is 9.55 Å². The number of imidazole rings is 1. The molecule has 1 unspecified atom stereocenters. The van der Waals surface area contributed by atoms with Gasteiger partial charge in [-0.15, -0.1) is 0 Å². The molecule has 0 aliphatic carbocycles. The van der Waals surface area contributed by atoms with E-state index < -0.39 is 0 Å². The Morgan fingerprint density at radius 2 is 2.05 bits per heavy atom. The van der Waals surface area contributed by atoms with Crippen molar-refractivity contribution in [3.8, 4) is 5.75 Å². The molecule has 0 spiro atoms. The average Bonchev–Trinajstić information content (AvgIpc) is 2.91. The van der Waals surface area contributed by atoms with E-state index in [-0.39, 0.29) is 6.04 Å². The monoisotopic (exact) mass is 273 g/mol. The van der Waals surface area contributed by atoms with Crippen LogP contribution in [0.1, 0.15) is 31.7 Å². The van der Waals surface area contributed by atoms with Crippen molar-refractivity contribution >= 4 is 0 Å². The van der Waals surface area contributed by atoms with Crippen molar-refractivity contribution in [2.24, 2.45) is 5.73 Å². The summed E-state index contributed by atoms with van der Waals surface area (Å²) in [4.78, 5) is 4.29. The number of ether oxygens (including phenoxy) is 1. The average molecular weight is 273 g/mol. The van der Waals surface area contributed by atoms with Crippen LogP contribution in [0.4, 0.5) is 0 Å². The van der Waals surface area contributed by atoms with Gasteiger partial charge in [0.25, 0.3) is 0 Å². The zero-order chi connectivity index (χ0) is 14.4. The Morgan fingerprint density at radius 1 is 1.30 bits per heavy atom. The first-order valence-corrected chi connectivity index (χ1v) is 7.16. The topological polar surface area (TPSA) is 53.1 Å². The molecule has 0 radical (unpaired) electrons. The van der Waals surface area contributed by atoms with Gasteiger partial charge < -0.3 is 15.0 Å². The maximum absolute atomic E-state index is 5.77. The normalized spacial score (nSPS) is 12.3. The van der Waals surface area contributed by atoms with Crippen LogP contribution in [0.5, 0.6) is 5.75 Å². The molecule has 1 aromatic heterocycles. The number of rotatable bonds is 7. The van der Waals surface area contributed by atoms with E-state index in [0.717, 1.165) is 31.0 Å². The number of benzene rings is 1. The van der Waals surface area contributed by atoms with E-state index in [4.69, 9.17) is 10.5 Å². The summed E-state index contributed by atoms with van der Waals surface area (Å²) >= 11 is 0. The molecular weight excluding hydrogens is 250 g/mol. The second-order valence-corrected chi connectivity index (χ2v) is 5.08. The fraction of sp³-hybridized carbons (Fsp3) is 0.438. The van der Waals surface area contributed by atoms with Crippen molar-refractivity contribution < 1.29 is 4.74 Å². The van der Waals surface area contributed by atoms with Crippen molar-refractivity contribution in [1.29, 1.82) is 0 Å². The Hall–Kier alpha value is -1.81. The van der Waals surface area contributed by atoms with Crippen LogP contribution in [0.3, 0.4) is 0 Å². The molecule has 1 heterocycles. The van der Waals surface area contributed by atoms with Gasteiger partial charge in [-0.2, -0.15) is 0 Å². The summed E-state index contributed by atoms with van der Waals surface area (Å²) in [5.41, 5.74) is 7.06. The minimum atomic E-state index is 0.249. The van der Waals surface area contributed by atoms with Crippen LogP contribution in [0.25, 0.3) is 0 Å². The third-order valence-corrected chi connectivity index (χ3v) is 3.32. The highest BCUT2D eigenvalue weighted by atomic mass is 16.5. The number of aromatic nitrogens is 2. The Kier molecular flexibility index (Phi) is 5.18. The molecular formula is C16H23N3O. The summed E-state index contributed by atoms with van der Waals surface area (Å²) in [5.74, 6) is 1.83. The quantitative estimate of drug-likeness (QED) is 0.844. The zero-order valence-electron chi connectivity index (χ0n) is 12.2. The van der Waals surface area contributed by atoms with Crippen molar-refractivity contribution in [3.63, 3.8) is 0 Å². The third kappa shape index (κ3) is 4.10. The predicted octanol–water partition coefficient (Wildman–Crippen LogP) is 2.76. The van der Waals surface area contributed by atoms with Crippen LogP contribution >= 0.6 is 0 Å². The summed E-state index contributed by atoms with van der Waals surface area (Å²) < 4.78 is 7.85. The molecule has 4 nitrogen and oxygen atoms in total. The molecule has 2 rings (SSSR count). The van der Waals surface area contributed by atoms with Gasteiger partial charge in [0, 0.05) is 25.0 Å². The van der Waals surface area contributed by atoms with Gasteiger partial charge in [0.2, 0.25) is 0 Å². The SMILES string of the molecule is CCn1ccnc1COc1ccc(CCC(C)N)cc1. The highest BCUT2D eigenvalue weighted by Gasteiger charge is 2.03. The highest BCUT2D eigenvalue weighted by molar-refractivity contribution is 5.27.